The van der Waals surface area contributed by atoms with Crippen molar-refractivity contribution in [3.63, 3.8) is 0 Å². The molecule has 0 bridgehead atoms. The number of hydrogen-bond donors (Lipinski definition) is 1. The van der Waals surface area contributed by atoms with Gasteiger partial charge in [0, 0.05) is 19.6 Å². The molecule has 2 rings (SSSR count). The minimum atomic E-state index is 0.120. The number of likely N-dealkylation sites (tertiary alicyclic amines) is 1. The standard InChI is InChI=1S/C15H26N4OS/c1-11(2)19-7-5-6-12(10-19)14(20)16-8-13-9-17-15(21-4)18(13)3/h9,11-12H,5-8,10H2,1-4H3,(H,16,20)/t12-/m0/s1. The van der Waals surface area contributed by atoms with Gasteiger partial charge in [-0.2, -0.15) is 0 Å². The van der Waals surface area contributed by atoms with Crippen molar-refractivity contribution in [2.45, 2.75) is 44.4 Å². The van der Waals surface area contributed by atoms with Gasteiger partial charge in [-0.05, 0) is 39.5 Å². The zero-order valence-corrected chi connectivity index (χ0v) is 14.2. The highest BCUT2D eigenvalue weighted by molar-refractivity contribution is 7.98. The number of nitrogens with one attached hydrogen (secondary N) is 1. The third-order valence-electron chi connectivity index (χ3n) is 4.22. The van der Waals surface area contributed by atoms with E-state index in [1.807, 2.05) is 24.1 Å². The van der Waals surface area contributed by atoms with Gasteiger partial charge in [-0.3, -0.25) is 4.79 Å². The number of piperidine rings is 1. The van der Waals surface area contributed by atoms with Gasteiger partial charge in [0.15, 0.2) is 5.16 Å². The van der Waals surface area contributed by atoms with Crippen LogP contribution in [0.1, 0.15) is 32.4 Å². The van der Waals surface area contributed by atoms with Crippen molar-refractivity contribution >= 4 is 17.7 Å². The van der Waals surface area contributed by atoms with E-state index in [0.29, 0.717) is 12.6 Å². The van der Waals surface area contributed by atoms with Crippen LogP contribution in [0.4, 0.5) is 0 Å². The van der Waals surface area contributed by atoms with Crippen molar-refractivity contribution in [3.8, 4) is 0 Å². The fraction of sp³-hybridized carbons (Fsp3) is 0.733. The first-order chi connectivity index (χ1) is 10.0. The maximum atomic E-state index is 12.4. The minimum absolute atomic E-state index is 0.120. The lowest BCUT2D eigenvalue weighted by Crippen LogP contribution is -2.45. The average molecular weight is 310 g/mol. The number of thioether (sulfide) groups is 1. The highest BCUT2D eigenvalue weighted by Gasteiger charge is 2.26. The lowest BCUT2D eigenvalue weighted by Gasteiger charge is -2.34. The molecule has 1 aromatic rings. The summed E-state index contributed by atoms with van der Waals surface area (Å²) in [5, 5.41) is 4.05. The molecule has 0 aromatic carbocycles. The number of hydrogen-bond acceptors (Lipinski definition) is 4. The van der Waals surface area contributed by atoms with Crippen LogP contribution in [-0.2, 0) is 18.4 Å². The van der Waals surface area contributed by atoms with Gasteiger partial charge in [0.1, 0.15) is 0 Å². The summed E-state index contributed by atoms with van der Waals surface area (Å²) < 4.78 is 2.03. The Hall–Kier alpha value is -1.01. The quantitative estimate of drug-likeness (QED) is 0.844. The Labute approximate surface area is 131 Å². The van der Waals surface area contributed by atoms with Gasteiger partial charge >= 0.3 is 0 Å². The van der Waals surface area contributed by atoms with Crippen LogP contribution in [0, 0.1) is 5.92 Å². The second kappa shape index (κ2) is 7.31. The molecular weight excluding hydrogens is 284 g/mol. The number of amides is 1. The Balaban J connectivity index is 1.88. The number of imidazole rings is 1. The van der Waals surface area contributed by atoms with E-state index in [4.69, 9.17) is 0 Å². The van der Waals surface area contributed by atoms with Crippen LogP contribution in [0.3, 0.4) is 0 Å². The molecule has 1 saturated heterocycles. The Morgan fingerprint density at radius 2 is 2.33 bits per heavy atom. The largest absolute Gasteiger partial charge is 0.350 e. The van der Waals surface area contributed by atoms with Gasteiger partial charge in [0.05, 0.1) is 24.4 Å². The molecule has 0 spiro atoms. The van der Waals surface area contributed by atoms with Crippen molar-refractivity contribution in [2.24, 2.45) is 13.0 Å². The third-order valence-corrected chi connectivity index (χ3v) is 4.97. The maximum Gasteiger partial charge on any atom is 0.224 e. The summed E-state index contributed by atoms with van der Waals surface area (Å²) in [4.78, 5) is 19.1. The lowest BCUT2D eigenvalue weighted by atomic mass is 9.96. The van der Waals surface area contributed by atoms with E-state index in [9.17, 15) is 4.79 Å². The number of carbonyl (C=O) groups is 1. The van der Waals surface area contributed by atoms with E-state index in [1.54, 1.807) is 11.8 Å². The van der Waals surface area contributed by atoms with E-state index in [2.05, 4.69) is 29.0 Å². The fourth-order valence-electron chi connectivity index (χ4n) is 2.79. The molecule has 21 heavy (non-hydrogen) atoms. The Kier molecular flexibility index (Phi) is 5.70. The molecule has 1 fully saturated rings. The summed E-state index contributed by atoms with van der Waals surface area (Å²) in [5.74, 6) is 0.293. The van der Waals surface area contributed by atoms with Gasteiger partial charge in [-0.1, -0.05) is 11.8 Å². The molecule has 0 unspecified atom stereocenters. The monoisotopic (exact) mass is 310 g/mol. The average Bonchev–Trinajstić information content (AvgIpc) is 2.85. The smallest absolute Gasteiger partial charge is 0.224 e. The zero-order valence-electron chi connectivity index (χ0n) is 13.4. The zero-order chi connectivity index (χ0) is 15.4. The van der Waals surface area contributed by atoms with Crippen LogP contribution in [0.15, 0.2) is 11.4 Å². The first-order valence-electron chi connectivity index (χ1n) is 7.59. The lowest BCUT2D eigenvalue weighted by molar-refractivity contribution is -0.127. The number of nitrogens with zero attached hydrogens (tertiary/aromatic N) is 3. The van der Waals surface area contributed by atoms with Crippen LogP contribution in [-0.4, -0.2) is 45.7 Å². The summed E-state index contributed by atoms with van der Waals surface area (Å²) in [7, 11) is 1.99. The highest BCUT2D eigenvalue weighted by Crippen LogP contribution is 2.19. The predicted octanol–water partition coefficient (Wildman–Crippen LogP) is 1.88. The summed E-state index contributed by atoms with van der Waals surface area (Å²) in [6.07, 6.45) is 5.95. The van der Waals surface area contributed by atoms with E-state index in [-0.39, 0.29) is 11.8 Å². The SMILES string of the molecule is CSc1ncc(CNC(=O)[C@H]2CCCN(C(C)C)C2)n1C. The Morgan fingerprint density at radius 1 is 1.57 bits per heavy atom. The fourth-order valence-corrected chi connectivity index (χ4v) is 3.34. The van der Waals surface area contributed by atoms with Crippen LogP contribution < -0.4 is 5.32 Å². The topological polar surface area (TPSA) is 50.2 Å². The van der Waals surface area contributed by atoms with E-state index < -0.39 is 0 Å². The van der Waals surface area contributed by atoms with Crippen molar-refractivity contribution < 1.29 is 4.79 Å². The van der Waals surface area contributed by atoms with Crippen molar-refractivity contribution in [1.82, 2.24) is 19.8 Å². The van der Waals surface area contributed by atoms with E-state index in [0.717, 1.165) is 36.8 Å². The van der Waals surface area contributed by atoms with Crippen LogP contribution in [0.2, 0.25) is 0 Å². The Bertz CT molecular complexity index is 486. The van der Waals surface area contributed by atoms with Crippen LogP contribution in [0.5, 0.6) is 0 Å². The van der Waals surface area contributed by atoms with Gasteiger partial charge in [-0.15, -0.1) is 0 Å². The third kappa shape index (κ3) is 4.01. The van der Waals surface area contributed by atoms with Crippen molar-refractivity contribution in [2.75, 3.05) is 19.3 Å². The summed E-state index contributed by atoms with van der Waals surface area (Å²) in [5.41, 5.74) is 1.05. The van der Waals surface area contributed by atoms with Crippen LogP contribution >= 0.6 is 11.8 Å². The molecule has 1 amide bonds. The molecule has 1 aromatic heterocycles. The highest BCUT2D eigenvalue weighted by atomic mass is 32.2. The number of carbonyl (C=O) groups excluding carboxylic acids is 1. The second-order valence-corrected chi connectivity index (χ2v) is 6.71. The predicted molar refractivity (Wildman–Crippen MR) is 86.3 cm³/mol. The van der Waals surface area contributed by atoms with E-state index in [1.165, 1.54) is 0 Å². The molecule has 118 valence electrons. The van der Waals surface area contributed by atoms with E-state index >= 15 is 0 Å². The van der Waals surface area contributed by atoms with Crippen molar-refractivity contribution in [1.29, 1.82) is 0 Å². The summed E-state index contributed by atoms with van der Waals surface area (Å²) in [6.45, 7) is 6.94. The van der Waals surface area contributed by atoms with Crippen LogP contribution in [0.25, 0.3) is 0 Å². The maximum absolute atomic E-state index is 12.4. The summed E-state index contributed by atoms with van der Waals surface area (Å²) >= 11 is 1.61. The van der Waals surface area contributed by atoms with Gasteiger partial charge in [0.2, 0.25) is 5.91 Å². The molecule has 2 heterocycles. The molecule has 1 aliphatic rings. The molecule has 1 aliphatic heterocycles. The first kappa shape index (κ1) is 16.4. The Morgan fingerprint density at radius 3 is 2.95 bits per heavy atom. The molecule has 0 saturated carbocycles. The second-order valence-electron chi connectivity index (χ2n) is 5.94. The number of aromatic nitrogens is 2. The van der Waals surface area contributed by atoms with Gasteiger partial charge in [-0.25, -0.2) is 4.98 Å². The molecule has 1 atom stereocenters. The molecule has 6 heteroatoms. The van der Waals surface area contributed by atoms with Crippen molar-refractivity contribution in [3.05, 3.63) is 11.9 Å². The molecule has 1 N–H and O–H groups in total. The first-order valence-corrected chi connectivity index (χ1v) is 8.81. The van der Waals surface area contributed by atoms with Gasteiger partial charge in [0.25, 0.3) is 0 Å². The number of rotatable bonds is 5. The molecule has 0 aliphatic carbocycles. The molecule has 0 radical (unpaired) electrons. The molecule has 5 nitrogen and oxygen atoms in total. The molecular formula is C15H26N4OS. The summed E-state index contributed by atoms with van der Waals surface area (Å²) in [6, 6.07) is 0.516. The van der Waals surface area contributed by atoms with Gasteiger partial charge < -0.3 is 14.8 Å². The normalized spacial score (nSPS) is 20.0. The minimum Gasteiger partial charge on any atom is -0.350 e.